The van der Waals surface area contributed by atoms with E-state index < -0.39 is 11.8 Å². The molecule has 4 nitrogen and oxygen atoms in total. The first-order valence-electron chi connectivity index (χ1n) is 7.38. The molecule has 0 bridgehead atoms. The zero-order valence-electron chi connectivity index (χ0n) is 12.7. The number of halogens is 1. The van der Waals surface area contributed by atoms with Gasteiger partial charge in [-0.05, 0) is 45.4 Å². The lowest BCUT2D eigenvalue weighted by atomic mass is 9.95. The fraction of sp³-hybridized carbons (Fsp3) is 0.562. The summed E-state index contributed by atoms with van der Waals surface area (Å²) in [5, 5.41) is 9.28. The van der Waals surface area contributed by atoms with Gasteiger partial charge in [0, 0.05) is 17.6 Å². The fourth-order valence-corrected chi connectivity index (χ4v) is 2.97. The Morgan fingerprint density at radius 1 is 1.52 bits per heavy atom. The minimum atomic E-state index is -1.04. The van der Waals surface area contributed by atoms with Crippen molar-refractivity contribution in [3.05, 3.63) is 29.1 Å². The SMILES string of the molecule is CCCN(C(C)C)C1COc2c(F)ccc(C(=O)O)c2C1. The molecule has 1 aromatic carbocycles. The van der Waals surface area contributed by atoms with E-state index in [0.29, 0.717) is 24.6 Å². The van der Waals surface area contributed by atoms with Gasteiger partial charge in [-0.2, -0.15) is 0 Å². The number of benzene rings is 1. The average molecular weight is 295 g/mol. The second kappa shape index (κ2) is 6.43. The Kier molecular flexibility index (Phi) is 4.83. The highest BCUT2D eigenvalue weighted by atomic mass is 19.1. The zero-order chi connectivity index (χ0) is 15.6. The number of hydrogen-bond acceptors (Lipinski definition) is 3. The Hall–Kier alpha value is -1.62. The van der Waals surface area contributed by atoms with Crippen LogP contribution in [0.25, 0.3) is 0 Å². The number of carboxylic acids is 1. The summed E-state index contributed by atoms with van der Waals surface area (Å²) < 4.78 is 19.4. The van der Waals surface area contributed by atoms with Gasteiger partial charge in [0.25, 0.3) is 0 Å². The van der Waals surface area contributed by atoms with Crippen LogP contribution in [-0.2, 0) is 6.42 Å². The Bertz CT molecular complexity index is 530. The minimum absolute atomic E-state index is 0.0809. The van der Waals surface area contributed by atoms with Gasteiger partial charge in [0.1, 0.15) is 6.61 Å². The van der Waals surface area contributed by atoms with Crippen LogP contribution in [0.3, 0.4) is 0 Å². The van der Waals surface area contributed by atoms with E-state index in [1.54, 1.807) is 0 Å². The lowest BCUT2D eigenvalue weighted by Crippen LogP contribution is -2.47. The van der Waals surface area contributed by atoms with Crippen LogP contribution in [0.1, 0.15) is 43.1 Å². The Morgan fingerprint density at radius 3 is 2.81 bits per heavy atom. The number of ether oxygens (including phenoxy) is 1. The van der Waals surface area contributed by atoms with E-state index in [-0.39, 0.29) is 17.4 Å². The predicted octanol–water partition coefficient (Wildman–Crippen LogP) is 2.95. The quantitative estimate of drug-likeness (QED) is 0.907. The summed E-state index contributed by atoms with van der Waals surface area (Å²) in [7, 11) is 0. The maximum Gasteiger partial charge on any atom is 0.336 e. The number of aromatic carboxylic acids is 1. The number of carbonyl (C=O) groups is 1. The monoisotopic (exact) mass is 295 g/mol. The molecule has 0 saturated carbocycles. The van der Waals surface area contributed by atoms with Gasteiger partial charge >= 0.3 is 5.97 Å². The van der Waals surface area contributed by atoms with Crippen LogP contribution in [0.5, 0.6) is 5.75 Å². The molecule has 5 heteroatoms. The Balaban J connectivity index is 2.34. The summed E-state index contributed by atoms with van der Waals surface area (Å²) in [6.45, 7) is 7.63. The highest BCUT2D eigenvalue weighted by Gasteiger charge is 2.31. The molecule has 1 heterocycles. The van der Waals surface area contributed by atoms with E-state index in [9.17, 15) is 14.3 Å². The number of hydrogen-bond donors (Lipinski definition) is 1. The number of fused-ring (bicyclic) bond motifs is 1. The van der Waals surface area contributed by atoms with Crippen LogP contribution in [0.15, 0.2) is 12.1 Å². The molecule has 1 N–H and O–H groups in total. The molecule has 1 aromatic rings. The molecular weight excluding hydrogens is 273 g/mol. The summed E-state index contributed by atoms with van der Waals surface area (Å²) >= 11 is 0. The molecule has 0 spiro atoms. The maximum atomic E-state index is 13.8. The number of rotatable bonds is 5. The highest BCUT2D eigenvalue weighted by molar-refractivity contribution is 5.90. The summed E-state index contributed by atoms with van der Waals surface area (Å²) in [6.07, 6.45) is 1.52. The van der Waals surface area contributed by atoms with E-state index in [1.807, 2.05) is 0 Å². The van der Waals surface area contributed by atoms with Crippen LogP contribution < -0.4 is 4.74 Å². The molecule has 2 rings (SSSR count). The van der Waals surface area contributed by atoms with Gasteiger partial charge in [-0.25, -0.2) is 9.18 Å². The topological polar surface area (TPSA) is 49.8 Å². The normalized spacial score (nSPS) is 17.7. The standard InChI is InChI=1S/C16H22FNO3/c1-4-7-18(10(2)3)11-8-13-12(16(19)20)5-6-14(17)15(13)21-9-11/h5-6,10-11H,4,7-9H2,1-3H3,(H,19,20). The van der Waals surface area contributed by atoms with Gasteiger partial charge in [-0.15, -0.1) is 0 Å². The third-order valence-electron chi connectivity index (χ3n) is 3.92. The molecule has 1 aliphatic rings. The summed E-state index contributed by atoms with van der Waals surface area (Å²) in [5.74, 6) is -1.42. The van der Waals surface area contributed by atoms with Crippen LogP contribution in [0, 0.1) is 5.82 Å². The van der Waals surface area contributed by atoms with Gasteiger partial charge in [0.2, 0.25) is 0 Å². The molecule has 116 valence electrons. The molecule has 1 unspecified atom stereocenters. The van der Waals surface area contributed by atoms with Crippen LogP contribution in [-0.4, -0.2) is 41.2 Å². The minimum Gasteiger partial charge on any atom is -0.489 e. The van der Waals surface area contributed by atoms with Crippen molar-refractivity contribution < 1.29 is 19.0 Å². The molecule has 1 atom stereocenters. The molecule has 0 radical (unpaired) electrons. The van der Waals surface area contributed by atoms with Crippen molar-refractivity contribution in [2.75, 3.05) is 13.2 Å². The lowest BCUT2D eigenvalue weighted by Gasteiger charge is -2.38. The van der Waals surface area contributed by atoms with Crippen LogP contribution >= 0.6 is 0 Å². The van der Waals surface area contributed by atoms with Gasteiger partial charge in [-0.1, -0.05) is 6.92 Å². The van der Waals surface area contributed by atoms with Gasteiger partial charge in [0.05, 0.1) is 5.56 Å². The van der Waals surface area contributed by atoms with Crippen molar-refractivity contribution in [2.24, 2.45) is 0 Å². The van der Waals surface area contributed by atoms with E-state index in [2.05, 4.69) is 25.7 Å². The molecular formula is C16H22FNO3. The molecule has 1 aliphatic heterocycles. The third-order valence-corrected chi connectivity index (χ3v) is 3.92. The van der Waals surface area contributed by atoms with Crippen molar-refractivity contribution >= 4 is 5.97 Å². The van der Waals surface area contributed by atoms with Gasteiger partial charge in [-0.3, -0.25) is 4.90 Å². The Labute approximate surface area is 124 Å². The van der Waals surface area contributed by atoms with Crippen molar-refractivity contribution in [1.82, 2.24) is 4.90 Å². The smallest absolute Gasteiger partial charge is 0.336 e. The largest absolute Gasteiger partial charge is 0.489 e. The molecule has 21 heavy (non-hydrogen) atoms. The van der Waals surface area contributed by atoms with Gasteiger partial charge in [0.15, 0.2) is 11.6 Å². The first kappa shape index (κ1) is 15.8. The molecule has 0 fully saturated rings. The first-order valence-corrected chi connectivity index (χ1v) is 7.38. The summed E-state index contributed by atoms with van der Waals surface area (Å²) in [5.41, 5.74) is 0.608. The number of nitrogens with zero attached hydrogens (tertiary/aromatic N) is 1. The summed E-state index contributed by atoms with van der Waals surface area (Å²) in [6, 6.07) is 2.90. The molecule has 0 saturated heterocycles. The van der Waals surface area contributed by atoms with Gasteiger partial charge < -0.3 is 9.84 Å². The molecule has 0 aromatic heterocycles. The predicted molar refractivity (Wildman–Crippen MR) is 78.5 cm³/mol. The average Bonchev–Trinajstić information content (AvgIpc) is 2.44. The molecule has 0 aliphatic carbocycles. The number of carboxylic acid groups (broad SMARTS) is 1. The second-order valence-corrected chi connectivity index (χ2v) is 5.71. The fourth-order valence-electron chi connectivity index (χ4n) is 2.97. The maximum absolute atomic E-state index is 13.8. The first-order chi connectivity index (χ1) is 9.95. The Morgan fingerprint density at radius 2 is 2.24 bits per heavy atom. The van der Waals surface area contributed by atoms with E-state index >= 15 is 0 Å². The summed E-state index contributed by atoms with van der Waals surface area (Å²) in [4.78, 5) is 13.6. The zero-order valence-corrected chi connectivity index (χ0v) is 12.7. The van der Waals surface area contributed by atoms with E-state index in [0.717, 1.165) is 19.0 Å². The van der Waals surface area contributed by atoms with Crippen molar-refractivity contribution in [3.8, 4) is 5.75 Å². The lowest BCUT2D eigenvalue weighted by molar-refractivity contribution is 0.0683. The van der Waals surface area contributed by atoms with Crippen LogP contribution in [0.2, 0.25) is 0 Å². The second-order valence-electron chi connectivity index (χ2n) is 5.71. The van der Waals surface area contributed by atoms with Crippen molar-refractivity contribution in [2.45, 2.75) is 45.7 Å². The molecule has 0 amide bonds. The van der Waals surface area contributed by atoms with Crippen molar-refractivity contribution in [1.29, 1.82) is 0 Å². The van der Waals surface area contributed by atoms with Crippen LogP contribution in [0.4, 0.5) is 4.39 Å². The highest BCUT2D eigenvalue weighted by Crippen LogP contribution is 2.32. The van der Waals surface area contributed by atoms with E-state index in [4.69, 9.17) is 4.74 Å². The van der Waals surface area contributed by atoms with Crippen molar-refractivity contribution in [3.63, 3.8) is 0 Å². The van der Waals surface area contributed by atoms with E-state index in [1.165, 1.54) is 6.07 Å². The third kappa shape index (κ3) is 3.18.